The average molecular weight is 292 g/mol. The number of amides is 1. The molecule has 1 aromatic rings. The number of hydrogen-bond donors (Lipinski definition) is 1. The highest BCUT2D eigenvalue weighted by molar-refractivity contribution is 5.87. The monoisotopic (exact) mass is 292 g/mol. The Morgan fingerprint density at radius 1 is 1.33 bits per heavy atom. The third kappa shape index (κ3) is 3.10. The van der Waals surface area contributed by atoms with Gasteiger partial charge in [0, 0.05) is 19.1 Å². The van der Waals surface area contributed by atoms with Crippen molar-refractivity contribution in [3.8, 4) is 0 Å². The molecule has 1 amide bonds. The summed E-state index contributed by atoms with van der Waals surface area (Å²) in [6, 6.07) is 6.30. The van der Waals surface area contributed by atoms with E-state index in [1.807, 2.05) is 18.7 Å². The minimum Gasteiger partial charge on any atom is -0.341 e. The van der Waals surface area contributed by atoms with E-state index in [1.54, 1.807) is 12.1 Å². The largest absolute Gasteiger partial charge is 0.341 e. The third-order valence-electron chi connectivity index (χ3n) is 4.70. The van der Waals surface area contributed by atoms with Gasteiger partial charge in [-0.2, -0.15) is 0 Å². The Labute approximate surface area is 126 Å². The van der Waals surface area contributed by atoms with Gasteiger partial charge in [-0.05, 0) is 43.4 Å². The molecule has 1 aliphatic heterocycles. The van der Waals surface area contributed by atoms with Gasteiger partial charge in [-0.15, -0.1) is 0 Å². The molecule has 1 heterocycles. The molecule has 0 spiro atoms. The first-order chi connectivity index (χ1) is 9.64. The van der Waals surface area contributed by atoms with Gasteiger partial charge >= 0.3 is 0 Å². The van der Waals surface area contributed by atoms with Crippen LogP contribution in [0.15, 0.2) is 24.3 Å². The van der Waals surface area contributed by atoms with E-state index in [2.05, 4.69) is 13.8 Å². The quantitative estimate of drug-likeness (QED) is 0.911. The number of hydrogen-bond acceptors (Lipinski definition) is 2. The van der Waals surface area contributed by atoms with Gasteiger partial charge in [0.15, 0.2) is 0 Å². The van der Waals surface area contributed by atoms with Crippen LogP contribution in [0, 0.1) is 11.2 Å². The molecule has 0 radical (unpaired) electrons. The van der Waals surface area contributed by atoms with Crippen molar-refractivity contribution >= 4 is 5.91 Å². The molecule has 1 aromatic carbocycles. The van der Waals surface area contributed by atoms with Crippen LogP contribution < -0.4 is 5.73 Å². The summed E-state index contributed by atoms with van der Waals surface area (Å²) in [6.07, 6.45) is 0.818. The van der Waals surface area contributed by atoms with E-state index in [0.717, 1.165) is 12.0 Å². The molecular weight excluding hydrogens is 267 g/mol. The Morgan fingerprint density at radius 2 is 1.90 bits per heavy atom. The van der Waals surface area contributed by atoms with Crippen molar-refractivity contribution in [1.29, 1.82) is 0 Å². The van der Waals surface area contributed by atoms with Crippen LogP contribution in [0.4, 0.5) is 4.39 Å². The number of carbonyl (C=O) groups excluding carboxylic acids is 1. The zero-order chi connectivity index (χ0) is 15.8. The fourth-order valence-electron chi connectivity index (χ4n) is 2.93. The SMILES string of the molecule is CC(C)(C(=O)N1CCC(N)C(C)(C)C1)c1ccc(F)cc1. The van der Waals surface area contributed by atoms with Crippen LogP contribution in [-0.4, -0.2) is 29.9 Å². The number of likely N-dealkylation sites (tertiary alicyclic amines) is 1. The fraction of sp³-hybridized carbons (Fsp3) is 0.588. The predicted molar refractivity (Wildman–Crippen MR) is 82.4 cm³/mol. The molecule has 0 bridgehead atoms. The summed E-state index contributed by atoms with van der Waals surface area (Å²) in [5, 5.41) is 0. The number of nitrogens with zero attached hydrogens (tertiary/aromatic N) is 1. The lowest BCUT2D eigenvalue weighted by Gasteiger charge is -2.45. The van der Waals surface area contributed by atoms with Gasteiger partial charge in [0.05, 0.1) is 5.41 Å². The summed E-state index contributed by atoms with van der Waals surface area (Å²) in [5.74, 6) is -0.207. The molecule has 2 N–H and O–H groups in total. The lowest BCUT2D eigenvalue weighted by Crippen LogP contribution is -2.56. The Hall–Kier alpha value is -1.42. The van der Waals surface area contributed by atoms with Crippen LogP contribution in [0.2, 0.25) is 0 Å². The normalized spacial score (nSPS) is 22.2. The summed E-state index contributed by atoms with van der Waals surface area (Å²) >= 11 is 0. The topological polar surface area (TPSA) is 46.3 Å². The van der Waals surface area contributed by atoms with Crippen molar-refractivity contribution in [3.63, 3.8) is 0 Å². The van der Waals surface area contributed by atoms with E-state index in [4.69, 9.17) is 5.73 Å². The van der Waals surface area contributed by atoms with Crippen LogP contribution in [0.25, 0.3) is 0 Å². The van der Waals surface area contributed by atoms with E-state index in [9.17, 15) is 9.18 Å². The van der Waals surface area contributed by atoms with Crippen molar-refractivity contribution in [2.75, 3.05) is 13.1 Å². The molecule has 0 saturated carbocycles. The minimum absolute atomic E-state index is 0.0766. The van der Waals surface area contributed by atoms with E-state index in [-0.39, 0.29) is 23.2 Å². The molecule has 4 heteroatoms. The van der Waals surface area contributed by atoms with Gasteiger partial charge in [-0.3, -0.25) is 4.79 Å². The first-order valence-electron chi connectivity index (χ1n) is 7.45. The number of nitrogens with two attached hydrogens (primary N) is 1. The van der Waals surface area contributed by atoms with Crippen molar-refractivity contribution in [3.05, 3.63) is 35.6 Å². The predicted octanol–water partition coefficient (Wildman–Crippen LogP) is 2.69. The molecule has 21 heavy (non-hydrogen) atoms. The summed E-state index contributed by atoms with van der Waals surface area (Å²) in [7, 11) is 0. The summed E-state index contributed by atoms with van der Waals surface area (Å²) in [4.78, 5) is 14.8. The Morgan fingerprint density at radius 3 is 2.43 bits per heavy atom. The highest BCUT2D eigenvalue weighted by atomic mass is 19.1. The van der Waals surface area contributed by atoms with Crippen molar-refractivity contribution in [1.82, 2.24) is 4.90 Å². The van der Waals surface area contributed by atoms with E-state index >= 15 is 0 Å². The van der Waals surface area contributed by atoms with Crippen molar-refractivity contribution < 1.29 is 9.18 Å². The fourth-order valence-corrected chi connectivity index (χ4v) is 2.93. The van der Waals surface area contributed by atoms with E-state index in [0.29, 0.717) is 13.1 Å². The highest BCUT2D eigenvalue weighted by Crippen LogP contribution is 2.32. The molecule has 0 aromatic heterocycles. The van der Waals surface area contributed by atoms with Gasteiger partial charge in [-0.25, -0.2) is 4.39 Å². The second kappa shape index (κ2) is 5.41. The van der Waals surface area contributed by atoms with Crippen LogP contribution in [0.1, 0.15) is 39.7 Å². The Balaban J connectivity index is 2.20. The average Bonchev–Trinajstić information content (AvgIpc) is 2.41. The number of halogens is 1. The standard InChI is InChI=1S/C17H25FN2O/c1-16(2)11-20(10-9-14(16)19)15(21)17(3,4)12-5-7-13(18)8-6-12/h5-8,14H,9-11,19H2,1-4H3. The van der Waals surface area contributed by atoms with Gasteiger partial charge in [0.25, 0.3) is 0 Å². The molecule has 1 saturated heterocycles. The molecule has 1 atom stereocenters. The zero-order valence-electron chi connectivity index (χ0n) is 13.3. The first-order valence-corrected chi connectivity index (χ1v) is 7.45. The third-order valence-corrected chi connectivity index (χ3v) is 4.70. The van der Waals surface area contributed by atoms with Crippen molar-refractivity contribution in [2.45, 2.75) is 45.6 Å². The number of piperidine rings is 1. The van der Waals surface area contributed by atoms with Crippen LogP contribution in [-0.2, 0) is 10.2 Å². The molecule has 1 unspecified atom stereocenters. The van der Waals surface area contributed by atoms with Gasteiger partial charge in [-0.1, -0.05) is 26.0 Å². The van der Waals surface area contributed by atoms with E-state index < -0.39 is 5.41 Å². The second-order valence-corrected chi connectivity index (χ2v) is 7.24. The molecule has 1 aliphatic rings. The Bertz CT molecular complexity index is 522. The second-order valence-electron chi connectivity index (χ2n) is 7.24. The number of carbonyl (C=O) groups is 1. The van der Waals surface area contributed by atoms with Gasteiger partial charge in [0.2, 0.25) is 5.91 Å². The van der Waals surface area contributed by atoms with Crippen molar-refractivity contribution in [2.24, 2.45) is 11.1 Å². The van der Waals surface area contributed by atoms with Crippen LogP contribution in [0.5, 0.6) is 0 Å². The zero-order valence-corrected chi connectivity index (χ0v) is 13.3. The highest BCUT2D eigenvalue weighted by Gasteiger charge is 2.40. The maximum absolute atomic E-state index is 13.1. The Kier molecular flexibility index (Phi) is 4.11. The summed E-state index contributed by atoms with van der Waals surface area (Å²) in [5.41, 5.74) is 6.23. The number of benzene rings is 1. The van der Waals surface area contributed by atoms with Gasteiger partial charge in [0.1, 0.15) is 5.82 Å². The minimum atomic E-state index is -0.661. The molecule has 116 valence electrons. The van der Waals surface area contributed by atoms with Crippen LogP contribution >= 0.6 is 0 Å². The number of rotatable bonds is 2. The lowest BCUT2D eigenvalue weighted by molar-refractivity contribution is -0.139. The maximum Gasteiger partial charge on any atom is 0.232 e. The summed E-state index contributed by atoms with van der Waals surface area (Å²) < 4.78 is 13.1. The van der Waals surface area contributed by atoms with E-state index in [1.165, 1.54) is 12.1 Å². The molecule has 0 aliphatic carbocycles. The van der Waals surface area contributed by atoms with Crippen LogP contribution in [0.3, 0.4) is 0 Å². The first kappa shape index (κ1) is 16.0. The maximum atomic E-state index is 13.1. The lowest BCUT2D eigenvalue weighted by atomic mass is 9.77. The molecule has 1 fully saturated rings. The smallest absolute Gasteiger partial charge is 0.232 e. The van der Waals surface area contributed by atoms with Gasteiger partial charge < -0.3 is 10.6 Å². The molecule has 2 rings (SSSR count). The molecule has 3 nitrogen and oxygen atoms in total. The summed E-state index contributed by atoms with van der Waals surface area (Å²) in [6.45, 7) is 9.34. The molecular formula is C17H25FN2O.